The average Bonchev–Trinajstić information content (AvgIpc) is 3.16. The maximum absolute atomic E-state index is 12.5. The molecule has 7 heteroatoms. The topological polar surface area (TPSA) is 59.3 Å². The van der Waals surface area contributed by atoms with Gasteiger partial charge in [-0.2, -0.15) is 0 Å². The minimum atomic E-state index is -0.188. The number of amides is 1. The number of nitrogens with zero attached hydrogens (tertiary/aromatic N) is 3. The molecule has 0 spiro atoms. The van der Waals surface area contributed by atoms with Crippen LogP contribution in [0.2, 0.25) is 0 Å². The highest BCUT2D eigenvalue weighted by Crippen LogP contribution is 2.40. The number of rotatable bonds is 2. The van der Waals surface area contributed by atoms with Gasteiger partial charge in [0.25, 0.3) is 5.91 Å². The molecule has 1 aliphatic carbocycles. The molecule has 0 saturated heterocycles. The Hall–Kier alpha value is -1.73. The molecule has 0 bridgehead atoms. The molecule has 1 atom stereocenters. The Morgan fingerprint density at radius 1 is 1.28 bits per heavy atom. The molecule has 0 aromatic carbocycles. The van der Waals surface area contributed by atoms with Crippen molar-refractivity contribution in [2.24, 2.45) is 11.3 Å². The van der Waals surface area contributed by atoms with Crippen LogP contribution in [0.4, 0.5) is 5.13 Å². The molecule has 5 nitrogen and oxygen atoms in total. The first-order chi connectivity index (χ1) is 11.8. The molecule has 0 radical (unpaired) electrons. The smallest absolute Gasteiger partial charge is 0.277 e. The maximum atomic E-state index is 12.5. The van der Waals surface area contributed by atoms with Crippen LogP contribution in [0, 0.1) is 18.3 Å². The van der Waals surface area contributed by atoms with Gasteiger partial charge in [-0.1, -0.05) is 20.8 Å². The van der Waals surface area contributed by atoms with Gasteiger partial charge in [0.1, 0.15) is 5.69 Å². The van der Waals surface area contributed by atoms with Crippen molar-refractivity contribution >= 4 is 38.7 Å². The Bertz CT molecular complexity index is 913. The Labute approximate surface area is 155 Å². The van der Waals surface area contributed by atoms with Gasteiger partial charge < -0.3 is 0 Å². The van der Waals surface area contributed by atoms with Gasteiger partial charge in [0.2, 0.25) is 0 Å². The van der Waals surface area contributed by atoms with E-state index in [1.54, 1.807) is 28.9 Å². The SMILES string of the molecule is Cc1cn2cc(C(=O)Nc3nc4c(s3)CC(C(C)(C)C)CC4)nc2s1. The van der Waals surface area contributed by atoms with Crippen LogP contribution in [0.1, 0.15) is 53.1 Å². The number of carbonyl (C=O) groups excluding carboxylic acids is 1. The zero-order chi connectivity index (χ0) is 17.8. The fourth-order valence-electron chi connectivity index (χ4n) is 3.35. The number of fused-ring (bicyclic) bond motifs is 2. The van der Waals surface area contributed by atoms with Crippen LogP contribution in [-0.2, 0) is 12.8 Å². The first-order valence-corrected chi connectivity index (χ1v) is 10.2. The summed E-state index contributed by atoms with van der Waals surface area (Å²) < 4.78 is 1.90. The van der Waals surface area contributed by atoms with Gasteiger partial charge in [0, 0.05) is 22.1 Å². The number of aromatic nitrogens is 3. The van der Waals surface area contributed by atoms with Crippen molar-refractivity contribution in [1.29, 1.82) is 0 Å². The molecule has 1 aliphatic rings. The number of aryl methyl sites for hydroxylation is 2. The summed E-state index contributed by atoms with van der Waals surface area (Å²) in [7, 11) is 0. The molecule has 4 rings (SSSR count). The summed E-state index contributed by atoms with van der Waals surface area (Å²) in [5.74, 6) is 0.485. The number of imidazole rings is 1. The summed E-state index contributed by atoms with van der Waals surface area (Å²) in [6.07, 6.45) is 7.00. The van der Waals surface area contributed by atoms with Crippen molar-refractivity contribution in [1.82, 2.24) is 14.4 Å². The van der Waals surface area contributed by atoms with E-state index >= 15 is 0 Å². The first kappa shape index (κ1) is 16.7. The number of hydrogen-bond acceptors (Lipinski definition) is 5. The van der Waals surface area contributed by atoms with Crippen molar-refractivity contribution in [3.8, 4) is 0 Å². The standard InChI is InChI=1S/C18H22N4OS2/c1-10-8-22-9-13(20-17(22)24-10)15(23)21-16-19-12-6-5-11(18(2,3)4)7-14(12)25-16/h8-9,11H,5-7H2,1-4H3,(H,19,21,23). The van der Waals surface area contributed by atoms with Gasteiger partial charge in [-0.15, -0.1) is 22.7 Å². The predicted molar refractivity (Wildman–Crippen MR) is 103 cm³/mol. The largest absolute Gasteiger partial charge is 0.297 e. The maximum Gasteiger partial charge on any atom is 0.277 e. The summed E-state index contributed by atoms with van der Waals surface area (Å²) in [4.78, 5) is 24.9. The van der Waals surface area contributed by atoms with Crippen LogP contribution in [0.5, 0.6) is 0 Å². The van der Waals surface area contributed by atoms with Crippen molar-refractivity contribution in [2.45, 2.75) is 47.0 Å². The van der Waals surface area contributed by atoms with E-state index in [0.717, 1.165) is 23.5 Å². The molecule has 1 amide bonds. The lowest BCUT2D eigenvalue weighted by Crippen LogP contribution is -2.26. The fourth-order valence-corrected chi connectivity index (χ4v) is 5.24. The van der Waals surface area contributed by atoms with Crippen LogP contribution in [0.3, 0.4) is 0 Å². The van der Waals surface area contributed by atoms with E-state index in [1.165, 1.54) is 16.2 Å². The van der Waals surface area contributed by atoms with Gasteiger partial charge in [-0.25, -0.2) is 9.97 Å². The molecule has 3 aromatic rings. The quantitative estimate of drug-likeness (QED) is 0.715. The number of nitrogens with one attached hydrogen (secondary N) is 1. The second kappa shape index (κ2) is 5.92. The molecule has 0 saturated carbocycles. The molecule has 25 heavy (non-hydrogen) atoms. The summed E-state index contributed by atoms with van der Waals surface area (Å²) in [5, 5.41) is 3.62. The molecule has 1 unspecified atom stereocenters. The van der Waals surface area contributed by atoms with Gasteiger partial charge in [-0.05, 0) is 37.5 Å². The Morgan fingerprint density at radius 2 is 2.08 bits per heavy atom. The highest BCUT2D eigenvalue weighted by atomic mass is 32.1. The lowest BCUT2D eigenvalue weighted by Gasteiger charge is -2.33. The van der Waals surface area contributed by atoms with Gasteiger partial charge in [-0.3, -0.25) is 14.5 Å². The van der Waals surface area contributed by atoms with Crippen LogP contribution in [0.15, 0.2) is 12.4 Å². The van der Waals surface area contributed by atoms with E-state index < -0.39 is 0 Å². The second-order valence-electron chi connectivity index (χ2n) is 7.81. The van der Waals surface area contributed by atoms with Crippen LogP contribution in [0.25, 0.3) is 4.96 Å². The normalized spacial score (nSPS) is 17.7. The lowest BCUT2D eigenvalue weighted by atomic mass is 9.73. The van der Waals surface area contributed by atoms with Crippen molar-refractivity contribution in [3.63, 3.8) is 0 Å². The third-order valence-electron chi connectivity index (χ3n) is 4.89. The van der Waals surface area contributed by atoms with E-state index in [1.807, 2.05) is 17.5 Å². The van der Waals surface area contributed by atoms with Crippen LogP contribution >= 0.6 is 22.7 Å². The number of thiazole rings is 2. The molecular formula is C18H22N4OS2. The van der Waals surface area contributed by atoms with Crippen molar-refractivity contribution in [2.75, 3.05) is 5.32 Å². The van der Waals surface area contributed by atoms with Gasteiger partial charge >= 0.3 is 0 Å². The third kappa shape index (κ3) is 3.22. The Kier molecular flexibility index (Phi) is 3.96. The summed E-state index contributed by atoms with van der Waals surface area (Å²) in [6, 6.07) is 0. The lowest BCUT2D eigenvalue weighted by molar-refractivity contribution is 0.102. The number of carbonyl (C=O) groups is 1. The highest BCUT2D eigenvalue weighted by Gasteiger charge is 2.31. The molecule has 0 fully saturated rings. The average molecular weight is 375 g/mol. The minimum absolute atomic E-state index is 0.188. The minimum Gasteiger partial charge on any atom is -0.297 e. The van der Waals surface area contributed by atoms with Crippen molar-refractivity contribution < 1.29 is 4.79 Å². The van der Waals surface area contributed by atoms with E-state index in [4.69, 9.17) is 0 Å². The van der Waals surface area contributed by atoms with Gasteiger partial charge in [0.05, 0.1) is 5.69 Å². The monoisotopic (exact) mass is 374 g/mol. The molecule has 3 aromatic heterocycles. The summed E-state index contributed by atoms with van der Waals surface area (Å²) in [5.41, 5.74) is 1.90. The first-order valence-electron chi connectivity index (χ1n) is 8.54. The fraction of sp³-hybridized carbons (Fsp3) is 0.500. The molecular weight excluding hydrogens is 352 g/mol. The van der Waals surface area contributed by atoms with E-state index in [-0.39, 0.29) is 5.91 Å². The van der Waals surface area contributed by atoms with E-state index in [0.29, 0.717) is 22.2 Å². The number of anilines is 1. The summed E-state index contributed by atoms with van der Waals surface area (Å²) >= 11 is 3.19. The van der Waals surface area contributed by atoms with Crippen LogP contribution < -0.4 is 5.32 Å². The Balaban J connectivity index is 1.51. The number of hydrogen-bond donors (Lipinski definition) is 1. The van der Waals surface area contributed by atoms with Crippen LogP contribution in [-0.4, -0.2) is 20.3 Å². The highest BCUT2D eigenvalue weighted by molar-refractivity contribution is 7.17. The van der Waals surface area contributed by atoms with Gasteiger partial charge in [0.15, 0.2) is 10.1 Å². The predicted octanol–water partition coefficient (Wildman–Crippen LogP) is 4.56. The summed E-state index contributed by atoms with van der Waals surface area (Å²) in [6.45, 7) is 8.94. The zero-order valence-electron chi connectivity index (χ0n) is 14.9. The van der Waals surface area contributed by atoms with Crippen molar-refractivity contribution in [3.05, 3.63) is 33.5 Å². The Morgan fingerprint density at radius 3 is 2.80 bits per heavy atom. The molecule has 0 aliphatic heterocycles. The molecule has 1 N–H and O–H groups in total. The zero-order valence-corrected chi connectivity index (χ0v) is 16.6. The van der Waals surface area contributed by atoms with E-state index in [9.17, 15) is 4.79 Å². The molecule has 3 heterocycles. The molecule has 132 valence electrons. The second-order valence-corrected chi connectivity index (χ2v) is 10.1. The van der Waals surface area contributed by atoms with E-state index in [2.05, 4.69) is 36.1 Å². The third-order valence-corrected chi connectivity index (χ3v) is 6.84.